The van der Waals surface area contributed by atoms with Gasteiger partial charge >= 0.3 is 0 Å². The van der Waals surface area contributed by atoms with Gasteiger partial charge in [0, 0.05) is 11.8 Å². The molecular weight excluding hydrogens is 108 g/mol. The minimum absolute atomic E-state index is 0.809. The van der Waals surface area contributed by atoms with Crippen LogP contribution in [0.15, 0.2) is 0 Å². The zero-order valence-corrected chi connectivity index (χ0v) is 3.63. The van der Waals surface area contributed by atoms with Crippen LogP contribution in [0.1, 0.15) is 0 Å². The molecule has 0 atom stereocenters. The Morgan fingerprint density at radius 1 is 2.00 bits per heavy atom. The lowest BCUT2D eigenvalue weighted by molar-refractivity contribution is -0.120. The third-order valence-electron chi connectivity index (χ3n) is 0.227. The van der Waals surface area contributed by atoms with Crippen molar-refractivity contribution in [2.45, 2.75) is 0 Å². The Labute approximate surface area is 39.4 Å². The van der Waals surface area contributed by atoms with E-state index in [4.69, 9.17) is 0 Å². The van der Waals surface area contributed by atoms with Gasteiger partial charge in [-0.1, -0.05) is 0 Å². The number of rotatable bonds is 1. The van der Waals surface area contributed by atoms with Crippen LogP contribution in [0.3, 0.4) is 0 Å². The summed E-state index contributed by atoms with van der Waals surface area (Å²) in [5.74, 6) is -0.809. The average Bonchev–Trinajstić information content (AvgIpc) is 1.65. The highest BCUT2D eigenvalue weighted by Gasteiger charge is 1.90. The van der Waals surface area contributed by atoms with Gasteiger partial charge in [-0.2, -0.15) is 0 Å². The highest BCUT2D eigenvalue weighted by molar-refractivity contribution is 6.21. The van der Waals surface area contributed by atoms with Crippen LogP contribution in [0.5, 0.6) is 0 Å². The van der Waals surface area contributed by atoms with Crippen molar-refractivity contribution in [3.05, 3.63) is 0 Å². The van der Waals surface area contributed by atoms with Crippen molar-refractivity contribution in [2.75, 3.05) is 6.67 Å². The molecule has 0 rings (SSSR count). The first-order valence-corrected chi connectivity index (χ1v) is 1.64. The number of hydrogen-bond acceptors (Lipinski definition) is 1. The Bertz CT molecular complexity index is 51.5. The van der Waals surface area contributed by atoms with E-state index < -0.39 is 12.6 Å². The Morgan fingerprint density at radius 2 is 2.50 bits per heavy atom. The molecule has 0 aliphatic carbocycles. The molecule has 0 fully saturated rings. The van der Waals surface area contributed by atoms with Crippen LogP contribution in [0.4, 0.5) is 4.39 Å². The molecule has 0 radical (unpaired) electrons. The first-order chi connectivity index (χ1) is 2.81. The molecule has 0 aliphatic heterocycles. The molecule has 4 heteroatoms. The van der Waals surface area contributed by atoms with Gasteiger partial charge in [0.25, 0.3) is 5.91 Å². The van der Waals surface area contributed by atoms with Gasteiger partial charge in [-0.25, -0.2) is 4.39 Å². The van der Waals surface area contributed by atoms with Crippen LogP contribution in [0.25, 0.3) is 0 Å². The van der Waals surface area contributed by atoms with Crippen molar-refractivity contribution >= 4 is 17.7 Å². The lowest BCUT2D eigenvalue weighted by Crippen LogP contribution is -2.13. The predicted molar refractivity (Wildman–Crippen MR) is 20.0 cm³/mol. The summed E-state index contributed by atoms with van der Waals surface area (Å²) in [6.45, 7) is -1.05. The van der Waals surface area contributed by atoms with Gasteiger partial charge in [0.1, 0.15) is 0 Å². The lowest BCUT2D eigenvalue weighted by atomic mass is 10.7. The summed E-state index contributed by atoms with van der Waals surface area (Å²) in [5.41, 5.74) is 0. The van der Waals surface area contributed by atoms with Gasteiger partial charge < -0.3 is 0 Å². The lowest BCUT2D eigenvalue weighted by Gasteiger charge is -1.81. The third-order valence-corrected chi connectivity index (χ3v) is 0.438. The number of halogens is 2. The zero-order chi connectivity index (χ0) is 4.99. The summed E-state index contributed by atoms with van der Waals surface area (Å²) in [6.07, 6.45) is 0. The topological polar surface area (TPSA) is 29.1 Å². The predicted octanol–water partition coefficient (Wildman–Crippen LogP) is 0.226. The Balaban J connectivity index is 2.99. The number of nitrogens with one attached hydrogen (secondary N) is 1. The van der Waals surface area contributed by atoms with E-state index in [1.54, 1.807) is 4.84 Å². The van der Waals surface area contributed by atoms with Gasteiger partial charge in [-0.15, -0.1) is 0 Å². The maximum atomic E-state index is 10.9. The number of amides is 1. The number of carbonyl (C=O) groups excluding carboxylic acids is 1. The maximum absolute atomic E-state index is 10.9. The summed E-state index contributed by atoms with van der Waals surface area (Å²) in [4.78, 5) is 11.1. The van der Waals surface area contributed by atoms with Gasteiger partial charge in [-0.3, -0.25) is 9.63 Å². The molecule has 0 spiro atoms. The van der Waals surface area contributed by atoms with Crippen LogP contribution in [-0.2, 0) is 4.79 Å². The molecule has 0 aliphatic rings. The van der Waals surface area contributed by atoms with Crippen molar-refractivity contribution in [3.63, 3.8) is 0 Å². The first-order valence-electron chi connectivity index (χ1n) is 1.26. The maximum Gasteiger partial charge on any atom is 0.265 e. The van der Waals surface area contributed by atoms with Crippen molar-refractivity contribution in [1.82, 2.24) is 4.84 Å². The van der Waals surface area contributed by atoms with E-state index in [0.29, 0.717) is 0 Å². The largest absolute Gasteiger partial charge is 0.271 e. The smallest absolute Gasteiger partial charge is 0.265 e. The van der Waals surface area contributed by atoms with Crippen molar-refractivity contribution in [3.8, 4) is 0 Å². The van der Waals surface area contributed by atoms with E-state index in [-0.39, 0.29) is 0 Å². The Kier molecular flexibility index (Phi) is 2.75. The minimum Gasteiger partial charge on any atom is -0.271 e. The molecule has 0 saturated carbocycles. The number of hydrogen-bond donors (Lipinski definition) is 1. The second-order valence-electron chi connectivity index (χ2n) is 0.651. The molecule has 0 aromatic heterocycles. The van der Waals surface area contributed by atoms with E-state index >= 15 is 0 Å². The van der Waals surface area contributed by atoms with Gasteiger partial charge in [0.15, 0.2) is 6.67 Å². The molecule has 0 aromatic rings. The van der Waals surface area contributed by atoms with Crippen molar-refractivity contribution in [2.24, 2.45) is 0 Å². The second-order valence-corrected chi connectivity index (χ2v) is 0.840. The van der Waals surface area contributed by atoms with Crippen LogP contribution in [0, 0.1) is 0 Å². The summed E-state index contributed by atoms with van der Waals surface area (Å²) in [7, 11) is 0. The SMILES string of the molecule is O=C(CF)NCl. The average molecular weight is 112 g/mol. The van der Waals surface area contributed by atoms with Gasteiger partial charge in [-0.05, 0) is 0 Å². The van der Waals surface area contributed by atoms with E-state index in [2.05, 4.69) is 11.8 Å². The molecule has 1 N–H and O–H groups in total. The summed E-state index contributed by atoms with van der Waals surface area (Å²) < 4.78 is 10.9. The third kappa shape index (κ3) is 1.96. The fourth-order valence-corrected chi connectivity index (χ4v) is 0.0758. The van der Waals surface area contributed by atoms with Gasteiger partial charge in [0.2, 0.25) is 0 Å². The first kappa shape index (κ1) is 5.69. The summed E-state index contributed by atoms with van der Waals surface area (Å²) in [6, 6.07) is 0. The Morgan fingerprint density at radius 3 is 2.50 bits per heavy atom. The van der Waals surface area contributed by atoms with E-state index in [1.165, 1.54) is 0 Å². The molecule has 6 heavy (non-hydrogen) atoms. The molecule has 0 unspecified atom stereocenters. The minimum atomic E-state index is -1.05. The quantitative estimate of drug-likeness (QED) is 0.482. The molecular formula is C2H3ClFNO. The van der Waals surface area contributed by atoms with E-state index in [1.807, 2.05) is 0 Å². The van der Waals surface area contributed by atoms with Gasteiger partial charge in [0.05, 0.1) is 0 Å². The second kappa shape index (κ2) is 2.90. The van der Waals surface area contributed by atoms with E-state index in [0.717, 1.165) is 0 Å². The molecule has 0 aromatic carbocycles. The molecule has 0 saturated heterocycles. The fourth-order valence-electron chi connectivity index (χ4n) is 0.0253. The number of alkyl halides is 1. The monoisotopic (exact) mass is 111 g/mol. The zero-order valence-electron chi connectivity index (χ0n) is 2.87. The van der Waals surface area contributed by atoms with E-state index in [9.17, 15) is 9.18 Å². The normalized spacial score (nSPS) is 7.67. The standard InChI is InChI=1S/C2H3ClFNO/c3-5-2(6)1-4/h1H2,(H,5,6). The molecule has 0 heterocycles. The van der Waals surface area contributed by atoms with Crippen LogP contribution in [0.2, 0.25) is 0 Å². The van der Waals surface area contributed by atoms with Crippen molar-refractivity contribution in [1.29, 1.82) is 0 Å². The summed E-state index contributed by atoms with van der Waals surface area (Å²) >= 11 is 4.61. The molecule has 2 nitrogen and oxygen atoms in total. The molecule has 0 bridgehead atoms. The van der Waals surface area contributed by atoms with Crippen LogP contribution >= 0.6 is 11.8 Å². The molecule has 1 amide bonds. The fraction of sp³-hybridized carbons (Fsp3) is 0.500. The molecule has 36 valence electrons. The van der Waals surface area contributed by atoms with Crippen LogP contribution < -0.4 is 4.84 Å². The van der Waals surface area contributed by atoms with Crippen molar-refractivity contribution < 1.29 is 9.18 Å². The highest BCUT2D eigenvalue weighted by Crippen LogP contribution is 1.67. The highest BCUT2D eigenvalue weighted by atomic mass is 35.5. The number of carbonyl (C=O) groups is 1. The Hall–Kier alpha value is -0.310. The van der Waals surface area contributed by atoms with Crippen LogP contribution in [-0.4, -0.2) is 12.6 Å². The summed E-state index contributed by atoms with van der Waals surface area (Å²) in [5, 5.41) is 0.